The standard InChI is InChI=1S/C18H21N4O2S.ClH/c1-21(10-11-23)14-6-4-13(5-7-14)19-20-18-22(2)16-9-8-15(24-3)12-17(16)25-18;/h4-9,12,23H,10-11H2,1-3H3;1H/q+1;/p-1. The number of halogens is 1. The van der Waals surface area contributed by atoms with Crippen molar-refractivity contribution in [1.29, 1.82) is 0 Å². The summed E-state index contributed by atoms with van der Waals surface area (Å²) in [6.45, 7) is 0.729. The van der Waals surface area contributed by atoms with Crippen LogP contribution in [0.5, 0.6) is 5.75 Å². The Morgan fingerprint density at radius 1 is 1.15 bits per heavy atom. The topological polar surface area (TPSA) is 61.3 Å². The molecule has 0 fully saturated rings. The van der Waals surface area contributed by atoms with Crippen molar-refractivity contribution in [2.75, 3.05) is 32.2 Å². The zero-order chi connectivity index (χ0) is 17.8. The molecular formula is C18H21ClN4O2S. The van der Waals surface area contributed by atoms with Gasteiger partial charge in [-0.1, -0.05) is 0 Å². The molecule has 0 radical (unpaired) electrons. The van der Waals surface area contributed by atoms with Crippen LogP contribution >= 0.6 is 11.3 Å². The van der Waals surface area contributed by atoms with E-state index in [1.165, 1.54) is 0 Å². The number of benzene rings is 2. The lowest BCUT2D eigenvalue weighted by atomic mass is 10.2. The van der Waals surface area contributed by atoms with E-state index >= 15 is 0 Å². The molecule has 0 bridgehead atoms. The number of aromatic nitrogens is 1. The molecule has 0 unspecified atom stereocenters. The van der Waals surface area contributed by atoms with E-state index in [0.717, 1.165) is 32.5 Å². The van der Waals surface area contributed by atoms with Gasteiger partial charge in [0, 0.05) is 25.3 Å². The van der Waals surface area contributed by atoms with Crippen LogP contribution in [0.2, 0.25) is 0 Å². The fraction of sp³-hybridized carbons (Fsp3) is 0.278. The highest BCUT2D eigenvalue weighted by atomic mass is 35.5. The summed E-state index contributed by atoms with van der Waals surface area (Å²) in [5, 5.41) is 18.6. The number of fused-ring (bicyclic) bond motifs is 1. The molecule has 26 heavy (non-hydrogen) atoms. The minimum atomic E-state index is 0. The van der Waals surface area contributed by atoms with Crippen molar-refractivity contribution in [3.63, 3.8) is 0 Å². The number of anilines is 1. The maximum Gasteiger partial charge on any atom is 0.409 e. The SMILES string of the molecule is COc1ccc2c(c1)sc(N=Nc1ccc(N(C)CCO)cc1)[n+]2C.[Cl-]. The van der Waals surface area contributed by atoms with Crippen molar-refractivity contribution in [3.05, 3.63) is 42.5 Å². The van der Waals surface area contributed by atoms with Crippen molar-refractivity contribution in [3.8, 4) is 5.75 Å². The first kappa shape index (κ1) is 20.1. The summed E-state index contributed by atoms with van der Waals surface area (Å²) in [6.07, 6.45) is 0. The van der Waals surface area contributed by atoms with Crippen LogP contribution in [-0.2, 0) is 7.05 Å². The number of aliphatic hydroxyl groups is 1. The first-order chi connectivity index (χ1) is 12.1. The molecule has 1 N–H and O–H groups in total. The number of azo groups is 1. The van der Waals surface area contributed by atoms with E-state index in [0.29, 0.717) is 6.54 Å². The van der Waals surface area contributed by atoms with Crippen LogP contribution in [0.25, 0.3) is 10.2 Å². The Labute approximate surface area is 162 Å². The van der Waals surface area contributed by atoms with Crippen LogP contribution in [0.1, 0.15) is 0 Å². The molecule has 2 aromatic carbocycles. The van der Waals surface area contributed by atoms with Crippen molar-refractivity contribution in [2.45, 2.75) is 0 Å². The summed E-state index contributed by atoms with van der Waals surface area (Å²) in [5.41, 5.74) is 2.92. The molecule has 6 nitrogen and oxygen atoms in total. The minimum absolute atomic E-state index is 0. The van der Waals surface area contributed by atoms with Gasteiger partial charge in [0.2, 0.25) is 0 Å². The van der Waals surface area contributed by atoms with Crippen molar-refractivity contribution >= 4 is 38.1 Å². The summed E-state index contributed by atoms with van der Waals surface area (Å²) in [6, 6.07) is 13.8. The van der Waals surface area contributed by atoms with Crippen LogP contribution in [-0.4, -0.2) is 32.4 Å². The van der Waals surface area contributed by atoms with Crippen LogP contribution in [0.15, 0.2) is 52.7 Å². The highest BCUT2D eigenvalue weighted by Crippen LogP contribution is 2.30. The molecule has 1 aromatic heterocycles. The van der Waals surface area contributed by atoms with E-state index in [1.54, 1.807) is 18.4 Å². The van der Waals surface area contributed by atoms with E-state index < -0.39 is 0 Å². The third kappa shape index (κ3) is 4.30. The van der Waals surface area contributed by atoms with Crippen molar-refractivity contribution in [1.82, 2.24) is 0 Å². The maximum atomic E-state index is 9.00. The second-order valence-corrected chi connectivity index (χ2v) is 6.65. The molecule has 0 atom stereocenters. The highest BCUT2D eigenvalue weighted by molar-refractivity contribution is 7.21. The van der Waals surface area contributed by atoms with Gasteiger partial charge in [-0.05, 0) is 52.8 Å². The molecule has 0 amide bonds. The Balaban J connectivity index is 0.00000243. The van der Waals surface area contributed by atoms with Gasteiger partial charge < -0.3 is 27.2 Å². The summed E-state index contributed by atoms with van der Waals surface area (Å²) in [7, 11) is 5.59. The number of methoxy groups -OCH3 is 1. The second kappa shape index (κ2) is 8.93. The predicted octanol–water partition coefficient (Wildman–Crippen LogP) is 0.582. The Hall–Kier alpha value is -2.22. The van der Waals surface area contributed by atoms with E-state index in [1.807, 2.05) is 66.0 Å². The van der Waals surface area contributed by atoms with Crippen LogP contribution < -0.4 is 26.6 Å². The molecule has 0 spiro atoms. The number of rotatable bonds is 6. The molecule has 1 heterocycles. The molecular weight excluding hydrogens is 372 g/mol. The number of likely N-dealkylation sites (N-methyl/N-ethyl adjacent to an activating group) is 1. The quantitative estimate of drug-likeness (QED) is 0.493. The zero-order valence-corrected chi connectivity index (χ0v) is 16.5. The highest BCUT2D eigenvalue weighted by Gasteiger charge is 2.16. The Kier molecular flexibility index (Phi) is 6.90. The number of hydrogen-bond donors (Lipinski definition) is 1. The maximum absolute atomic E-state index is 9.00. The minimum Gasteiger partial charge on any atom is -1.00 e. The number of aryl methyl sites for hydroxylation is 1. The van der Waals surface area contributed by atoms with Gasteiger partial charge in [-0.3, -0.25) is 0 Å². The van der Waals surface area contributed by atoms with Crippen molar-refractivity contribution in [2.24, 2.45) is 17.3 Å². The Morgan fingerprint density at radius 3 is 2.54 bits per heavy atom. The van der Waals surface area contributed by atoms with Crippen molar-refractivity contribution < 1.29 is 26.8 Å². The summed E-state index contributed by atoms with van der Waals surface area (Å²) < 4.78 is 8.40. The van der Waals surface area contributed by atoms with Gasteiger partial charge in [-0.15, -0.1) is 0 Å². The lowest BCUT2D eigenvalue weighted by Crippen LogP contribution is -3.00. The van der Waals surface area contributed by atoms with Gasteiger partial charge in [0.05, 0.1) is 30.6 Å². The third-order valence-electron chi connectivity index (χ3n) is 3.99. The largest absolute Gasteiger partial charge is 1.00 e. The molecule has 0 aliphatic heterocycles. The normalized spacial score (nSPS) is 10.9. The van der Waals surface area contributed by atoms with Gasteiger partial charge >= 0.3 is 5.13 Å². The van der Waals surface area contributed by atoms with Gasteiger partial charge in [0.25, 0.3) is 0 Å². The zero-order valence-electron chi connectivity index (χ0n) is 14.9. The lowest BCUT2D eigenvalue weighted by molar-refractivity contribution is -0.627. The van der Waals surface area contributed by atoms with Crippen LogP contribution in [0.3, 0.4) is 0 Å². The average Bonchev–Trinajstić information content (AvgIpc) is 2.95. The number of aliphatic hydroxyl groups excluding tert-OH is 1. The Bertz CT molecular complexity index is 896. The number of nitrogens with zero attached hydrogens (tertiary/aromatic N) is 4. The lowest BCUT2D eigenvalue weighted by Gasteiger charge is -2.17. The summed E-state index contributed by atoms with van der Waals surface area (Å²) in [4.78, 5) is 1.99. The van der Waals surface area contributed by atoms with E-state index in [4.69, 9.17) is 9.84 Å². The molecule has 8 heteroatoms. The van der Waals surface area contributed by atoms with E-state index in [9.17, 15) is 0 Å². The summed E-state index contributed by atoms with van der Waals surface area (Å²) in [5.74, 6) is 0.834. The number of ether oxygens (including phenoxy) is 1. The smallest absolute Gasteiger partial charge is 0.409 e. The molecule has 3 rings (SSSR count). The van der Waals surface area contributed by atoms with Gasteiger partial charge in [-0.2, -0.15) is 0 Å². The first-order valence-corrected chi connectivity index (χ1v) is 8.74. The Morgan fingerprint density at radius 2 is 1.88 bits per heavy atom. The van der Waals surface area contributed by atoms with Gasteiger partial charge in [0.1, 0.15) is 17.0 Å². The van der Waals surface area contributed by atoms with Crippen LogP contribution in [0, 0.1) is 0 Å². The second-order valence-electron chi connectivity index (χ2n) is 5.64. The third-order valence-corrected chi connectivity index (χ3v) is 5.08. The van der Waals surface area contributed by atoms with E-state index in [2.05, 4.69) is 10.2 Å². The monoisotopic (exact) mass is 392 g/mol. The molecule has 0 aliphatic carbocycles. The fourth-order valence-electron chi connectivity index (χ4n) is 2.49. The van der Waals surface area contributed by atoms with E-state index in [-0.39, 0.29) is 19.0 Å². The molecule has 0 saturated heterocycles. The number of hydrogen-bond acceptors (Lipinski definition) is 6. The molecule has 3 aromatic rings. The van der Waals surface area contributed by atoms with Gasteiger partial charge in [-0.25, -0.2) is 4.57 Å². The fourth-order valence-corrected chi connectivity index (χ4v) is 3.49. The molecule has 138 valence electrons. The number of thiazole rings is 1. The molecule has 0 saturated carbocycles. The van der Waals surface area contributed by atoms with Crippen LogP contribution in [0.4, 0.5) is 16.5 Å². The first-order valence-electron chi connectivity index (χ1n) is 7.92. The van der Waals surface area contributed by atoms with Gasteiger partial charge in [0.15, 0.2) is 0 Å². The predicted molar refractivity (Wildman–Crippen MR) is 101 cm³/mol. The molecule has 0 aliphatic rings. The average molecular weight is 393 g/mol. The summed E-state index contributed by atoms with van der Waals surface area (Å²) >= 11 is 1.57.